The van der Waals surface area contributed by atoms with E-state index in [1.165, 1.54) is 14.2 Å². The number of methoxy groups -OCH3 is 2. The maximum atomic E-state index is 13.1. The van der Waals surface area contributed by atoms with Crippen molar-refractivity contribution in [3.8, 4) is 11.6 Å². The van der Waals surface area contributed by atoms with Crippen molar-refractivity contribution < 1.29 is 27.4 Å². The largest absolute Gasteiger partial charge is 0.497 e. The van der Waals surface area contributed by atoms with Gasteiger partial charge in [-0.2, -0.15) is 13.2 Å². The molecular weight excluding hydrogens is 325 g/mol. The first-order valence-corrected chi connectivity index (χ1v) is 6.87. The molecule has 1 aromatic carbocycles. The number of amides is 1. The molecule has 24 heavy (non-hydrogen) atoms. The first kappa shape index (κ1) is 17.6. The van der Waals surface area contributed by atoms with Crippen molar-refractivity contribution >= 4 is 5.91 Å². The van der Waals surface area contributed by atoms with E-state index in [9.17, 15) is 18.0 Å². The Morgan fingerprint density at radius 2 is 1.96 bits per heavy atom. The molecule has 5 nitrogen and oxygen atoms in total. The third kappa shape index (κ3) is 4.15. The molecule has 8 heteroatoms. The van der Waals surface area contributed by atoms with Crippen LogP contribution < -0.4 is 14.8 Å². The van der Waals surface area contributed by atoms with Crippen molar-refractivity contribution in [2.45, 2.75) is 12.7 Å². The Bertz CT molecular complexity index is 733. The minimum absolute atomic E-state index is 0.0549. The van der Waals surface area contributed by atoms with Crippen molar-refractivity contribution in [2.24, 2.45) is 0 Å². The van der Waals surface area contributed by atoms with Crippen LogP contribution in [0.15, 0.2) is 36.5 Å². The fourth-order valence-corrected chi connectivity index (χ4v) is 2.02. The molecule has 0 unspecified atom stereocenters. The Kier molecular flexibility index (Phi) is 5.28. The first-order valence-electron chi connectivity index (χ1n) is 6.87. The minimum Gasteiger partial charge on any atom is -0.497 e. The summed E-state index contributed by atoms with van der Waals surface area (Å²) in [4.78, 5) is 15.8. The first-order chi connectivity index (χ1) is 11.3. The average Bonchev–Trinajstić information content (AvgIpc) is 2.58. The molecule has 0 aliphatic rings. The Morgan fingerprint density at radius 1 is 1.21 bits per heavy atom. The third-order valence-electron chi connectivity index (χ3n) is 3.23. The maximum absolute atomic E-state index is 13.1. The van der Waals surface area contributed by atoms with Gasteiger partial charge in [-0.05, 0) is 17.7 Å². The van der Waals surface area contributed by atoms with Crippen LogP contribution in [0.25, 0.3) is 0 Å². The van der Waals surface area contributed by atoms with Gasteiger partial charge in [0.1, 0.15) is 5.75 Å². The molecule has 0 spiro atoms. The van der Waals surface area contributed by atoms with Crippen molar-refractivity contribution in [1.29, 1.82) is 0 Å². The van der Waals surface area contributed by atoms with Crippen LogP contribution in [0.3, 0.4) is 0 Å². The number of rotatable bonds is 5. The normalized spacial score (nSPS) is 11.0. The average molecular weight is 340 g/mol. The van der Waals surface area contributed by atoms with Gasteiger partial charge in [0, 0.05) is 18.8 Å². The maximum Gasteiger partial charge on any atom is 0.417 e. The van der Waals surface area contributed by atoms with E-state index in [4.69, 9.17) is 4.74 Å². The van der Waals surface area contributed by atoms with E-state index in [1.807, 2.05) is 0 Å². The van der Waals surface area contributed by atoms with Gasteiger partial charge in [0.2, 0.25) is 5.88 Å². The Balaban J connectivity index is 2.20. The highest BCUT2D eigenvalue weighted by molar-refractivity contribution is 5.95. The number of alkyl halides is 3. The molecule has 0 bridgehead atoms. The van der Waals surface area contributed by atoms with E-state index in [2.05, 4.69) is 15.0 Å². The van der Waals surface area contributed by atoms with Gasteiger partial charge in [-0.15, -0.1) is 0 Å². The van der Waals surface area contributed by atoms with Gasteiger partial charge < -0.3 is 14.8 Å². The molecule has 2 aromatic rings. The van der Waals surface area contributed by atoms with Crippen LogP contribution in [0.5, 0.6) is 11.6 Å². The van der Waals surface area contributed by atoms with Crippen LogP contribution in [-0.2, 0) is 12.7 Å². The molecule has 1 amide bonds. The fraction of sp³-hybridized carbons (Fsp3) is 0.250. The van der Waals surface area contributed by atoms with E-state index < -0.39 is 23.2 Å². The number of carbonyl (C=O) groups excluding carboxylic acids is 1. The van der Waals surface area contributed by atoms with Crippen molar-refractivity contribution in [3.63, 3.8) is 0 Å². The van der Waals surface area contributed by atoms with Crippen LogP contribution >= 0.6 is 0 Å². The quantitative estimate of drug-likeness (QED) is 0.909. The van der Waals surface area contributed by atoms with Gasteiger partial charge >= 0.3 is 6.18 Å². The van der Waals surface area contributed by atoms with Crippen molar-refractivity contribution in [3.05, 3.63) is 53.2 Å². The molecule has 1 N–H and O–H groups in total. The van der Waals surface area contributed by atoms with Crippen molar-refractivity contribution in [1.82, 2.24) is 10.3 Å². The molecule has 0 saturated heterocycles. The molecule has 0 saturated carbocycles. The van der Waals surface area contributed by atoms with Gasteiger partial charge in [0.15, 0.2) is 0 Å². The zero-order chi connectivity index (χ0) is 17.7. The number of carbonyl (C=O) groups is 1. The van der Waals surface area contributed by atoms with Crippen LogP contribution in [0.2, 0.25) is 0 Å². The second-order valence-corrected chi connectivity index (χ2v) is 4.80. The molecule has 1 aromatic heterocycles. The zero-order valence-electron chi connectivity index (χ0n) is 13.0. The van der Waals surface area contributed by atoms with Gasteiger partial charge in [0.05, 0.1) is 25.3 Å². The number of nitrogens with zero attached hydrogens (tertiary/aromatic N) is 1. The molecule has 0 fully saturated rings. The molecule has 1 heterocycles. The molecule has 0 aliphatic carbocycles. The minimum atomic E-state index is -4.70. The smallest absolute Gasteiger partial charge is 0.417 e. The zero-order valence-corrected chi connectivity index (χ0v) is 13.0. The molecule has 2 rings (SSSR count). The number of benzene rings is 1. The summed E-state index contributed by atoms with van der Waals surface area (Å²) in [7, 11) is 2.70. The SMILES string of the molecule is COc1cccc(CNC(=O)c2cnc(OC)cc2C(F)(F)F)c1. The molecular formula is C16H15F3N2O3. The second-order valence-electron chi connectivity index (χ2n) is 4.80. The van der Waals surface area contributed by atoms with Crippen LogP contribution in [0.1, 0.15) is 21.5 Å². The summed E-state index contributed by atoms with van der Waals surface area (Å²) >= 11 is 0. The highest BCUT2D eigenvalue weighted by Gasteiger charge is 2.36. The van der Waals surface area contributed by atoms with E-state index in [0.29, 0.717) is 17.4 Å². The lowest BCUT2D eigenvalue weighted by atomic mass is 10.1. The predicted octanol–water partition coefficient (Wildman–Crippen LogP) is 3.05. The van der Waals surface area contributed by atoms with E-state index in [1.54, 1.807) is 24.3 Å². The van der Waals surface area contributed by atoms with Gasteiger partial charge in [-0.25, -0.2) is 4.98 Å². The molecule has 0 radical (unpaired) electrons. The predicted molar refractivity (Wildman–Crippen MR) is 80.0 cm³/mol. The summed E-state index contributed by atoms with van der Waals surface area (Å²) in [5.41, 5.74) is -0.971. The monoisotopic (exact) mass is 340 g/mol. The number of halogens is 3. The Morgan fingerprint density at radius 3 is 2.58 bits per heavy atom. The van der Waals surface area contributed by atoms with E-state index in [0.717, 1.165) is 6.20 Å². The highest BCUT2D eigenvalue weighted by Crippen LogP contribution is 2.33. The van der Waals surface area contributed by atoms with Crippen LogP contribution in [-0.4, -0.2) is 25.1 Å². The molecule has 128 valence electrons. The summed E-state index contributed by atoms with van der Waals surface area (Å²) in [6, 6.07) is 7.54. The van der Waals surface area contributed by atoms with E-state index >= 15 is 0 Å². The fourth-order valence-electron chi connectivity index (χ4n) is 2.02. The number of nitrogens with one attached hydrogen (secondary N) is 1. The van der Waals surface area contributed by atoms with E-state index in [-0.39, 0.29) is 12.4 Å². The molecule has 0 aliphatic heterocycles. The number of hydrogen-bond donors (Lipinski definition) is 1. The molecule has 0 atom stereocenters. The third-order valence-corrected chi connectivity index (χ3v) is 3.23. The number of pyridine rings is 1. The van der Waals surface area contributed by atoms with Gasteiger partial charge in [0.25, 0.3) is 5.91 Å². The Labute approximate surface area is 136 Å². The second kappa shape index (κ2) is 7.20. The highest BCUT2D eigenvalue weighted by atomic mass is 19.4. The summed E-state index contributed by atoms with van der Waals surface area (Å²) in [5, 5.41) is 2.44. The number of aromatic nitrogens is 1. The lowest BCUT2D eigenvalue weighted by molar-refractivity contribution is -0.138. The van der Waals surface area contributed by atoms with Gasteiger partial charge in [-0.1, -0.05) is 12.1 Å². The lowest BCUT2D eigenvalue weighted by Gasteiger charge is -2.13. The summed E-state index contributed by atoms with van der Waals surface area (Å²) < 4.78 is 49.1. The van der Waals surface area contributed by atoms with Gasteiger partial charge in [-0.3, -0.25) is 4.79 Å². The van der Waals surface area contributed by atoms with Crippen molar-refractivity contribution in [2.75, 3.05) is 14.2 Å². The lowest BCUT2D eigenvalue weighted by Crippen LogP contribution is -2.26. The summed E-state index contributed by atoms with van der Waals surface area (Å²) in [6.07, 6.45) is -3.85. The standard InChI is InChI=1S/C16H15F3N2O3/c1-23-11-5-3-4-10(6-11)8-21-15(22)12-9-20-14(24-2)7-13(12)16(17,18)19/h3-7,9H,8H2,1-2H3,(H,21,22). The summed E-state index contributed by atoms with van der Waals surface area (Å²) in [5.74, 6) is -0.504. The Hall–Kier alpha value is -2.77. The topological polar surface area (TPSA) is 60.5 Å². The number of ether oxygens (including phenoxy) is 2. The van der Waals surface area contributed by atoms with Crippen LogP contribution in [0.4, 0.5) is 13.2 Å². The number of hydrogen-bond acceptors (Lipinski definition) is 4. The van der Waals surface area contributed by atoms with Crippen LogP contribution in [0, 0.1) is 0 Å². The summed E-state index contributed by atoms with van der Waals surface area (Å²) in [6.45, 7) is 0.0549.